The van der Waals surface area contributed by atoms with E-state index in [1.165, 1.54) is 6.92 Å². The first-order valence-corrected chi connectivity index (χ1v) is 10.8. The first-order valence-electron chi connectivity index (χ1n) is 10.8. The topological polar surface area (TPSA) is 163 Å². The van der Waals surface area contributed by atoms with E-state index in [0.29, 0.717) is 25.8 Å². The summed E-state index contributed by atoms with van der Waals surface area (Å²) in [6.07, 6.45) is 3.80. The Labute approximate surface area is 178 Å². The molecule has 7 N–H and O–H groups in total. The van der Waals surface area contributed by atoms with Crippen LogP contribution in [0, 0.1) is 5.92 Å². The lowest BCUT2D eigenvalue weighted by Crippen LogP contribution is -2.57. The van der Waals surface area contributed by atoms with Crippen molar-refractivity contribution in [2.45, 2.75) is 83.5 Å². The summed E-state index contributed by atoms with van der Waals surface area (Å²) in [6, 6.07) is -3.07. The summed E-state index contributed by atoms with van der Waals surface area (Å²) >= 11 is 0. The van der Waals surface area contributed by atoms with Crippen LogP contribution in [0.1, 0.15) is 59.3 Å². The van der Waals surface area contributed by atoms with Crippen molar-refractivity contribution in [3.63, 3.8) is 0 Å². The lowest BCUT2D eigenvalue weighted by molar-refractivity contribution is -0.142. The Balaban J connectivity index is 2.68. The molecule has 0 saturated carbocycles. The molecule has 0 aromatic heterocycles. The van der Waals surface area contributed by atoms with Crippen molar-refractivity contribution in [1.29, 1.82) is 0 Å². The van der Waals surface area contributed by atoms with E-state index in [1.807, 2.05) is 13.8 Å². The third-order valence-electron chi connectivity index (χ3n) is 5.48. The van der Waals surface area contributed by atoms with Gasteiger partial charge in [-0.05, 0) is 58.0 Å². The van der Waals surface area contributed by atoms with Crippen molar-refractivity contribution in [3.05, 3.63) is 0 Å². The van der Waals surface area contributed by atoms with E-state index in [-0.39, 0.29) is 24.3 Å². The largest absolute Gasteiger partial charge is 0.480 e. The van der Waals surface area contributed by atoms with Crippen LogP contribution in [0.2, 0.25) is 0 Å². The number of unbranched alkanes of at least 4 members (excludes halogenated alkanes) is 1. The van der Waals surface area contributed by atoms with E-state index in [1.54, 1.807) is 0 Å². The fourth-order valence-electron chi connectivity index (χ4n) is 3.28. The number of amides is 3. The first-order chi connectivity index (χ1) is 14.2. The van der Waals surface area contributed by atoms with Crippen LogP contribution >= 0.6 is 0 Å². The maximum absolute atomic E-state index is 12.8. The standard InChI is InChI=1S/C20H37N5O5/c1-4-12(2)16(25-18(27)14-9-7-11-22-14)19(28)23-13(3)17(26)24-15(20(29)30)8-5-6-10-21/h12-16,22H,4-11,21H2,1-3H3,(H,23,28)(H,24,26)(H,25,27)(H,29,30). The molecule has 0 aliphatic carbocycles. The predicted molar refractivity (Wildman–Crippen MR) is 112 cm³/mol. The number of carboxylic acids is 1. The molecule has 1 rings (SSSR count). The van der Waals surface area contributed by atoms with Gasteiger partial charge < -0.3 is 32.1 Å². The molecule has 172 valence electrons. The zero-order valence-corrected chi connectivity index (χ0v) is 18.2. The van der Waals surface area contributed by atoms with Crippen LogP contribution in [0.3, 0.4) is 0 Å². The van der Waals surface area contributed by atoms with Crippen molar-refractivity contribution in [2.24, 2.45) is 11.7 Å². The van der Waals surface area contributed by atoms with Gasteiger partial charge in [-0.1, -0.05) is 20.3 Å². The number of hydrogen-bond donors (Lipinski definition) is 6. The Bertz CT molecular complexity index is 594. The summed E-state index contributed by atoms with van der Waals surface area (Å²) < 4.78 is 0. The van der Waals surface area contributed by atoms with Crippen LogP contribution in [0.5, 0.6) is 0 Å². The second kappa shape index (κ2) is 13.2. The van der Waals surface area contributed by atoms with Gasteiger partial charge in [0.2, 0.25) is 17.7 Å². The van der Waals surface area contributed by atoms with Crippen LogP contribution in [0.15, 0.2) is 0 Å². The van der Waals surface area contributed by atoms with Crippen molar-refractivity contribution in [3.8, 4) is 0 Å². The molecule has 0 bridgehead atoms. The van der Waals surface area contributed by atoms with Gasteiger partial charge in [0.1, 0.15) is 18.1 Å². The van der Waals surface area contributed by atoms with Gasteiger partial charge >= 0.3 is 5.97 Å². The van der Waals surface area contributed by atoms with Gasteiger partial charge in [-0.2, -0.15) is 0 Å². The Kier molecular flexibility index (Phi) is 11.3. The summed E-state index contributed by atoms with van der Waals surface area (Å²) in [5.74, 6) is -2.54. The molecule has 0 aromatic carbocycles. The SMILES string of the molecule is CCC(C)C(NC(=O)C1CCCN1)C(=O)NC(C)C(=O)NC(CCCCN)C(=O)O. The summed E-state index contributed by atoms with van der Waals surface area (Å²) in [5, 5.41) is 20.2. The smallest absolute Gasteiger partial charge is 0.326 e. The summed E-state index contributed by atoms with van der Waals surface area (Å²) in [4.78, 5) is 49.0. The molecule has 1 aliphatic rings. The molecular weight excluding hydrogens is 390 g/mol. The van der Waals surface area contributed by atoms with Gasteiger partial charge in [0.15, 0.2) is 0 Å². The summed E-state index contributed by atoms with van der Waals surface area (Å²) in [6.45, 7) is 6.48. The molecule has 0 radical (unpaired) electrons. The summed E-state index contributed by atoms with van der Waals surface area (Å²) in [5.41, 5.74) is 5.42. The number of nitrogens with one attached hydrogen (secondary N) is 4. The highest BCUT2D eigenvalue weighted by Crippen LogP contribution is 2.11. The maximum Gasteiger partial charge on any atom is 0.326 e. The molecule has 1 heterocycles. The zero-order chi connectivity index (χ0) is 22.7. The highest BCUT2D eigenvalue weighted by molar-refractivity contribution is 5.94. The molecule has 10 nitrogen and oxygen atoms in total. The number of carboxylic acid groups (broad SMARTS) is 1. The molecule has 30 heavy (non-hydrogen) atoms. The molecule has 1 saturated heterocycles. The number of aliphatic carboxylic acids is 1. The summed E-state index contributed by atoms with van der Waals surface area (Å²) in [7, 11) is 0. The number of carbonyl (C=O) groups is 4. The Morgan fingerprint density at radius 3 is 2.33 bits per heavy atom. The van der Waals surface area contributed by atoms with Crippen LogP contribution < -0.4 is 27.0 Å². The quantitative estimate of drug-likeness (QED) is 0.215. The van der Waals surface area contributed by atoms with Gasteiger partial charge in [-0.15, -0.1) is 0 Å². The van der Waals surface area contributed by atoms with Gasteiger partial charge in [0.25, 0.3) is 0 Å². The average molecular weight is 428 g/mol. The fourth-order valence-corrected chi connectivity index (χ4v) is 3.28. The van der Waals surface area contributed by atoms with Crippen LogP contribution in [0.4, 0.5) is 0 Å². The molecular formula is C20H37N5O5. The molecule has 10 heteroatoms. The van der Waals surface area contributed by atoms with Crippen molar-refractivity contribution >= 4 is 23.7 Å². The number of carbonyl (C=O) groups excluding carboxylic acids is 3. The van der Waals surface area contributed by atoms with Gasteiger partial charge in [-0.25, -0.2) is 4.79 Å². The van der Waals surface area contributed by atoms with Crippen LogP contribution in [0.25, 0.3) is 0 Å². The molecule has 0 aromatic rings. The Morgan fingerprint density at radius 2 is 1.80 bits per heavy atom. The number of rotatable bonds is 13. The van der Waals surface area contributed by atoms with E-state index in [4.69, 9.17) is 5.73 Å². The lowest BCUT2D eigenvalue weighted by atomic mass is 9.97. The Hall–Kier alpha value is -2.20. The maximum atomic E-state index is 12.8. The minimum atomic E-state index is -1.13. The third-order valence-corrected chi connectivity index (χ3v) is 5.48. The number of nitrogens with two attached hydrogens (primary N) is 1. The normalized spacial score (nSPS) is 19.9. The molecule has 1 fully saturated rings. The zero-order valence-electron chi connectivity index (χ0n) is 18.2. The van der Waals surface area contributed by atoms with Crippen molar-refractivity contribution in [2.75, 3.05) is 13.1 Å². The van der Waals surface area contributed by atoms with E-state index in [2.05, 4.69) is 21.3 Å². The highest BCUT2D eigenvalue weighted by atomic mass is 16.4. The van der Waals surface area contributed by atoms with Gasteiger partial charge in [-0.3, -0.25) is 14.4 Å². The van der Waals surface area contributed by atoms with E-state index >= 15 is 0 Å². The molecule has 0 spiro atoms. The number of hydrogen-bond acceptors (Lipinski definition) is 6. The average Bonchev–Trinajstić information content (AvgIpc) is 3.25. The second-order valence-electron chi connectivity index (χ2n) is 7.93. The minimum absolute atomic E-state index is 0.131. The lowest BCUT2D eigenvalue weighted by Gasteiger charge is -2.27. The Morgan fingerprint density at radius 1 is 1.10 bits per heavy atom. The van der Waals surface area contributed by atoms with E-state index in [9.17, 15) is 24.3 Å². The monoisotopic (exact) mass is 427 g/mol. The second-order valence-corrected chi connectivity index (χ2v) is 7.93. The first kappa shape index (κ1) is 25.8. The van der Waals surface area contributed by atoms with Gasteiger partial charge in [0, 0.05) is 0 Å². The van der Waals surface area contributed by atoms with Crippen molar-refractivity contribution < 1.29 is 24.3 Å². The minimum Gasteiger partial charge on any atom is -0.480 e. The van der Waals surface area contributed by atoms with Crippen molar-refractivity contribution in [1.82, 2.24) is 21.3 Å². The molecule has 3 amide bonds. The van der Waals surface area contributed by atoms with Crippen LogP contribution in [-0.2, 0) is 19.2 Å². The fraction of sp³-hybridized carbons (Fsp3) is 0.800. The predicted octanol–water partition coefficient (Wildman–Crippen LogP) is -0.528. The van der Waals surface area contributed by atoms with E-state index in [0.717, 1.165) is 19.4 Å². The third kappa shape index (κ3) is 8.27. The molecule has 5 atom stereocenters. The van der Waals surface area contributed by atoms with E-state index < -0.39 is 35.9 Å². The van der Waals surface area contributed by atoms with Crippen LogP contribution in [-0.4, -0.2) is 66.1 Å². The molecule has 5 unspecified atom stereocenters. The molecule has 1 aliphatic heterocycles. The van der Waals surface area contributed by atoms with Gasteiger partial charge in [0.05, 0.1) is 6.04 Å². The highest BCUT2D eigenvalue weighted by Gasteiger charge is 2.32.